The fourth-order valence-electron chi connectivity index (χ4n) is 1.92. The first kappa shape index (κ1) is 21.9. The molecule has 22 heavy (non-hydrogen) atoms. The van der Waals surface area contributed by atoms with Gasteiger partial charge in [0.25, 0.3) is 0 Å². The van der Waals surface area contributed by atoms with Gasteiger partial charge in [0.15, 0.2) is 5.96 Å². The molecule has 1 fully saturated rings. The number of hydrogen-bond acceptors (Lipinski definition) is 4. The number of guanidine groups is 1. The largest absolute Gasteiger partial charge is 0.380 e. The van der Waals surface area contributed by atoms with Gasteiger partial charge in [-0.25, -0.2) is 13.1 Å². The highest BCUT2D eigenvalue weighted by atomic mass is 127. The number of nitrogens with zero attached hydrogens (tertiary/aromatic N) is 1. The van der Waals surface area contributed by atoms with Crippen LogP contribution in [0.1, 0.15) is 26.2 Å². The van der Waals surface area contributed by atoms with Gasteiger partial charge < -0.3 is 15.4 Å². The van der Waals surface area contributed by atoms with E-state index in [-0.39, 0.29) is 29.7 Å². The van der Waals surface area contributed by atoms with E-state index < -0.39 is 10.0 Å². The van der Waals surface area contributed by atoms with Crippen molar-refractivity contribution in [2.75, 3.05) is 45.6 Å². The summed E-state index contributed by atoms with van der Waals surface area (Å²) < 4.78 is 31.5. The van der Waals surface area contributed by atoms with Gasteiger partial charge in [-0.15, -0.1) is 24.0 Å². The molecule has 0 amide bonds. The standard InChI is InChI=1S/C13H28N4O3S.HI/c1-3-20-9-7-15-13(14-2)16-8-10-21(18,19)17-11-12-5-4-6-12;/h12,17H,3-11H2,1-2H3,(H2,14,15,16);1H. The number of aliphatic imine (C=N–C) groups is 1. The molecule has 0 spiro atoms. The van der Waals surface area contributed by atoms with E-state index in [1.54, 1.807) is 7.05 Å². The van der Waals surface area contributed by atoms with Crippen LogP contribution in [0.4, 0.5) is 0 Å². The van der Waals surface area contributed by atoms with Crippen LogP contribution in [0, 0.1) is 5.92 Å². The van der Waals surface area contributed by atoms with Crippen LogP contribution in [-0.2, 0) is 14.8 Å². The molecule has 0 aromatic heterocycles. The summed E-state index contributed by atoms with van der Waals surface area (Å²) in [6.07, 6.45) is 3.49. The van der Waals surface area contributed by atoms with E-state index in [4.69, 9.17) is 4.74 Å². The lowest BCUT2D eigenvalue weighted by atomic mass is 9.86. The van der Waals surface area contributed by atoms with E-state index in [1.807, 2.05) is 6.92 Å². The number of sulfonamides is 1. The Morgan fingerprint density at radius 2 is 1.95 bits per heavy atom. The molecule has 0 aliphatic heterocycles. The van der Waals surface area contributed by atoms with Gasteiger partial charge in [0.05, 0.1) is 12.4 Å². The molecule has 0 heterocycles. The summed E-state index contributed by atoms with van der Waals surface area (Å²) in [5.74, 6) is 1.16. The van der Waals surface area contributed by atoms with Gasteiger partial charge in [0.1, 0.15) is 0 Å². The summed E-state index contributed by atoms with van der Waals surface area (Å²) in [6, 6.07) is 0. The van der Waals surface area contributed by atoms with Gasteiger partial charge >= 0.3 is 0 Å². The lowest BCUT2D eigenvalue weighted by molar-refractivity contribution is 0.152. The van der Waals surface area contributed by atoms with Crippen LogP contribution in [0.3, 0.4) is 0 Å². The molecule has 1 saturated carbocycles. The maximum Gasteiger partial charge on any atom is 0.213 e. The summed E-state index contributed by atoms with van der Waals surface area (Å²) in [6.45, 7) is 4.75. The highest BCUT2D eigenvalue weighted by molar-refractivity contribution is 14.0. The second-order valence-electron chi connectivity index (χ2n) is 5.09. The molecule has 0 aromatic rings. The Hall–Kier alpha value is -0.130. The summed E-state index contributed by atoms with van der Waals surface area (Å²) in [5, 5.41) is 6.04. The van der Waals surface area contributed by atoms with Crippen molar-refractivity contribution in [3.05, 3.63) is 0 Å². The minimum atomic E-state index is -3.21. The average molecular weight is 448 g/mol. The van der Waals surface area contributed by atoms with Crippen LogP contribution in [0.2, 0.25) is 0 Å². The molecular formula is C13H29IN4O3S. The summed E-state index contributed by atoms with van der Waals surface area (Å²) in [5.41, 5.74) is 0. The topological polar surface area (TPSA) is 91.8 Å². The minimum Gasteiger partial charge on any atom is -0.380 e. The molecule has 0 bridgehead atoms. The Kier molecular flexibility index (Phi) is 12.2. The number of ether oxygens (including phenoxy) is 1. The number of hydrogen-bond donors (Lipinski definition) is 3. The number of rotatable bonds is 10. The Balaban J connectivity index is 0.00000441. The highest BCUT2D eigenvalue weighted by Crippen LogP contribution is 2.25. The van der Waals surface area contributed by atoms with Crippen molar-refractivity contribution >= 4 is 40.0 Å². The van der Waals surface area contributed by atoms with Gasteiger partial charge in [-0.2, -0.15) is 0 Å². The molecule has 3 N–H and O–H groups in total. The zero-order valence-electron chi connectivity index (χ0n) is 13.4. The Morgan fingerprint density at radius 3 is 2.50 bits per heavy atom. The first-order valence-electron chi connectivity index (χ1n) is 7.57. The molecule has 1 aliphatic carbocycles. The van der Waals surface area contributed by atoms with Crippen LogP contribution in [0.15, 0.2) is 4.99 Å². The predicted molar refractivity (Wildman–Crippen MR) is 100 cm³/mol. The lowest BCUT2D eigenvalue weighted by Gasteiger charge is -2.25. The van der Waals surface area contributed by atoms with Crippen molar-refractivity contribution in [2.45, 2.75) is 26.2 Å². The third kappa shape index (κ3) is 9.80. The molecule has 0 atom stereocenters. The highest BCUT2D eigenvalue weighted by Gasteiger charge is 2.19. The van der Waals surface area contributed by atoms with E-state index >= 15 is 0 Å². The fourth-order valence-corrected chi connectivity index (χ4v) is 2.93. The SMILES string of the molecule is CCOCCNC(=NC)NCCS(=O)(=O)NCC1CCC1.I. The van der Waals surface area contributed by atoms with E-state index in [9.17, 15) is 8.42 Å². The predicted octanol–water partition coefficient (Wildman–Crippen LogP) is 0.525. The number of halogens is 1. The zero-order valence-corrected chi connectivity index (χ0v) is 16.6. The zero-order chi connectivity index (χ0) is 15.6. The van der Waals surface area contributed by atoms with Crippen LogP contribution >= 0.6 is 24.0 Å². The molecule has 132 valence electrons. The normalized spacial score (nSPS) is 15.8. The van der Waals surface area contributed by atoms with Gasteiger partial charge in [-0.1, -0.05) is 6.42 Å². The second-order valence-corrected chi connectivity index (χ2v) is 7.01. The van der Waals surface area contributed by atoms with Gasteiger partial charge in [-0.3, -0.25) is 4.99 Å². The van der Waals surface area contributed by atoms with Crippen molar-refractivity contribution in [3.63, 3.8) is 0 Å². The quantitative estimate of drug-likeness (QED) is 0.196. The van der Waals surface area contributed by atoms with Crippen molar-refractivity contribution in [1.82, 2.24) is 15.4 Å². The molecule has 0 aromatic carbocycles. The smallest absolute Gasteiger partial charge is 0.213 e. The van der Waals surface area contributed by atoms with Crippen molar-refractivity contribution < 1.29 is 13.2 Å². The summed E-state index contributed by atoms with van der Waals surface area (Å²) in [4.78, 5) is 4.03. The van der Waals surface area contributed by atoms with Crippen LogP contribution in [0.25, 0.3) is 0 Å². The molecular weight excluding hydrogens is 419 g/mol. The Morgan fingerprint density at radius 1 is 1.27 bits per heavy atom. The van der Waals surface area contributed by atoms with E-state index in [2.05, 4.69) is 20.3 Å². The fraction of sp³-hybridized carbons (Fsp3) is 0.923. The monoisotopic (exact) mass is 448 g/mol. The molecule has 9 heteroatoms. The van der Waals surface area contributed by atoms with Crippen LogP contribution in [0.5, 0.6) is 0 Å². The third-order valence-electron chi connectivity index (χ3n) is 3.45. The van der Waals surface area contributed by atoms with Gasteiger partial charge in [0, 0.05) is 33.3 Å². The second kappa shape index (κ2) is 12.3. The van der Waals surface area contributed by atoms with E-state index in [1.165, 1.54) is 6.42 Å². The van der Waals surface area contributed by atoms with Crippen LogP contribution < -0.4 is 15.4 Å². The van der Waals surface area contributed by atoms with E-state index in [0.717, 1.165) is 12.8 Å². The number of nitrogens with one attached hydrogen (secondary N) is 3. The molecule has 0 unspecified atom stereocenters. The molecule has 7 nitrogen and oxygen atoms in total. The van der Waals surface area contributed by atoms with Gasteiger partial charge in [0.2, 0.25) is 10.0 Å². The van der Waals surface area contributed by atoms with Crippen LogP contribution in [-0.4, -0.2) is 60.0 Å². The van der Waals surface area contributed by atoms with Crippen molar-refractivity contribution in [2.24, 2.45) is 10.9 Å². The summed E-state index contributed by atoms with van der Waals surface area (Å²) >= 11 is 0. The maximum atomic E-state index is 11.8. The molecule has 1 aliphatic rings. The molecule has 0 saturated heterocycles. The van der Waals surface area contributed by atoms with Crippen molar-refractivity contribution in [3.8, 4) is 0 Å². The Bertz CT molecular complexity index is 414. The minimum absolute atomic E-state index is 0. The lowest BCUT2D eigenvalue weighted by Crippen LogP contribution is -2.42. The van der Waals surface area contributed by atoms with E-state index in [0.29, 0.717) is 44.7 Å². The molecule has 1 rings (SSSR count). The average Bonchev–Trinajstić information content (AvgIpc) is 2.39. The third-order valence-corrected chi connectivity index (χ3v) is 4.79. The Labute approximate surface area is 151 Å². The van der Waals surface area contributed by atoms with Gasteiger partial charge in [-0.05, 0) is 25.7 Å². The maximum absolute atomic E-state index is 11.8. The first-order chi connectivity index (χ1) is 10.1. The molecule has 0 radical (unpaired) electrons. The van der Waals surface area contributed by atoms with Crippen molar-refractivity contribution in [1.29, 1.82) is 0 Å². The summed E-state index contributed by atoms with van der Waals surface area (Å²) in [7, 11) is -1.55. The first-order valence-corrected chi connectivity index (χ1v) is 9.22.